The van der Waals surface area contributed by atoms with Crippen molar-refractivity contribution in [2.45, 2.75) is 57.8 Å². The maximum atomic E-state index is 11.9. The summed E-state index contributed by atoms with van der Waals surface area (Å²) in [6.07, 6.45) is 17.5. The van der Waals surface area contributed by atoms with Crippen LogP contribution < -0.4 is 4.46 Å². The Morgan fingerprint density at radius 2 is 1.91 bits per heavy atom. The fraction of sp³-hybridized carbons (Fsp3) is 0.450. The molecule has 2 rings (SSSR count). The van der Waals surface area contributed by atoms with E-state index >= 15 is 0 Å². The van der Waals surface area contributed by atoms with Crippen LogP contribution >= 0.6 is 0 Å². The Morgan fingerprint density at radius 1 is 1.09 bits per heavy atom. The van der Waals surface area contributed by atoms with E-state index in [0.29, 0.717) is 4.68 Å². The van der Waals surface area contributed by atoms with Crippen LogP contribution in [0.2, 0.25) is 0 Å². The predicted octanol–water partition coefficient (Wildman–Crippen LogP) is 4.55. The van der Waals surface area contributed by atoms with Crippen LogP contribution in [0.3, 0.4) is 0 Å². The van der Waals surface area contributed by atoms with Gasteiger partial charge in [0, 0.05) is 0 Å². The van der Waals surface area contributed by atoms with Crippen molar-refractivity contribution in [3.8, 4) is 0 Å². The van der Waals surface area contributed by atoms with Crippen molar-refractivity contribution in [2.75, 3.05) is 0 Å². The molecule has 0 amide bonds. The molecule has 0 spiro atoms. The molecule has 22 heavy (non-hydrogen) atoms. The van der Waals surface area contributed by atoms with Crippen LogP contribution in [0, 0.1) is 0 Å². The molecule has 1 aliphatic rings. The summed E-state index contributed by atoms with van der Waals surface area (Å²) in [5.41, 5.74) is 1.65. The molecule has 0 heterocycles. The van der Waals surface area contributed by atoms with Crippen molar-refractivity contribution in [1.29, 1.82) is 0 Å². The van der Waals surface area contributed by atoms with Gasteiger partial charge in [0.15, 0.2) is 0 Å². The van der Waals surface area contributed by atoms with Gasteiger partial charge in [-0.15, -0.1) is 0 Å². The Balaban J connectivity index is 1.52. The molecule has 0 fully saturated rings. The van der Waals surface area contributed by atoms with Crippen molar-refractivity contribution in [2.24, 2.45) is 0 Å². The minimum absolute atomic E-state index is 0.00156. The van der Waals surface area contributed by atoms with Crippen molar-refractivity contribution in [3.05, 3.63) is 54.1 Å². The van der Waals surface area contributed by atoms with Crippen molar-refractivity contribution in [3.63, 3.8) is 0 Å². The van der Waals surface area contributed by atoms with E-state index in [-0.39, 0.29) is 15.0 Å². The van der Waals surface area contributed by atoms with Gasteiger partial charge in [-0.1, -0.05) is 0 Å². The summed E-state index contributed by atoms with van der Waals surface area (Å²) in [6, 6.07) is 10.1. The first-order valence-electron chi connectivity index (χ1n) is 8.43. The van der Waals surface area contributed by atoms with Crippen LogP contribution in [0.5, 0.6) is 0 Å². The summed E-state index contributed by atoms with van der Waals surface area (Å²) in [5.74, 6) is 0. The summed E-state index contributed by atoms with van der Waals surface area (Å²) < 4.78 is 1.61. The molecular weight excluding hydrogens is 335 g/mol. The van der Waals surface area contributed by atoms with E-state index in [1.807, 2.05) is 18.2 Å². The molecule has 0 radical (unpaired) electrons. The number of allylic oxidation sites excluding steroid dienone is 4. The molecule has 0 bridgehead atoms. The summed E-state index contributed by atoms with van der Waals surface area (Å²) in [7, 11) is 0. The minimum atomic E-state index is -0.00156. The first-order valence-corrected chi connectivity index (χ1v) is 10.1. The summed E-state index contributed by atoms with van der Waals surface area (Å²) in [4.78, 5) is 11.9. The quantitative estimate of drug-likeness (QED) is 0.358. The predicted molar refractivity (Wildman–Crippen MR) is 95.6 cm³/mol. The van der Waals surface area contributed by atoms with E-state index in [0.717, 1.165) is 25.7 Å². The second kappa shape index (κ2) is 10.6. The zero-order valence-electron chi connectivity index (χ0n) is 13.3. The Kier molecular flexibility index (Phi) is 8.30. The van der Waals surface area contributed by atoms with Gasteiger partial charge >= 0.3 is 141 Å². The van der Waals surface area contributed by atoms with E-state index in [9.17, 15) is 4.79 Å². The molecule has 0 unspecified atom stereocenters. The van der Waals surface area contributed by atoms with Gasteiger partial charge in [0.05, 0.1) is 0 Å². The van der Waals surface area contributed by atoms with E-state index in [2.05, 4.69) is 30.4 Å². The van der Waals surface area contributed by atoms with E-state index in [1.165, 1.54) is 36.6 Å². The number of rotatable bonds is 9. The summed E-state index contributed by atoms with van der Waals surface area (Å²) in [6.45, 7) is 0. The molecule has 1 aromatic carbocycles. The molecule has 1 aromatic rings. The molecule has 0 saturated heterocycles. The Bertz CT molecular complexity index is 502. The normalized spacial score (nSPS) is 15.0. The molecule has 118 valence electrons. The average Bonchev–Trinajstić information content (AvgIpc) is 2.56. The van der Waals surface area contributed by atoms with Gasteiger partial charge in [0.1, 0.15) is 0 Å². The molecule has 1 nitrogen and oxygen atoms in total. The van der Waals surface area contributed by atoms with Gasteiger partial charge in [-0.05, 0) is 0 Å². The second-order valence-corrected chi connectivity index (χ2v) is 8.17. The topological polar surface area (TPSA) is 17.1 Å². The summed E-state index contributed by atoms with van der Waals surface area (Å²) in [5, 5.41) is 0. The van der Waals surface area contributed by atoms with E-state index < -0.39 is 0 Å². The molecule has 0 saturated carbocycles. The van der Waals surface area contributed by atoms with Gasteiger partial charge in [-0.3, -0.25) is 0 Å². The third-order valence-electron chi connectivity index (χ3n) is 3.91. The number of hydrogen-bond donors (Lipinski definition) is 0. The second-order valence-electron chi connectivity index (χ2n) is 5.80. The third-order valence-corrected chi connectivity index (χ3v) is 5.88. The first-order chi connectivity index (χ1) is 10.8. The van der Waals surface area contributed by atoms with Crippen molar-refractivity contribution < 1.29 is 4.79 Å². The fourth-order valence-electron chi connectivity index (χ4n) is 2.67. The van der Waals surface area contributed by atoms with Gasteiger partial charge in [0.2, 0.25) is 0 Å². The summed E-state index contributed by atoms with van der Waals surface area (Å²) >= 11 is -0.00156. The molecule has 0 aliphatic heterocycles. The fourth-order valence-corrected chi connectivity index (χ4v) is 4.36. The monoisotopic (exact) mass is 362 g/mol. The van der Waals surface area contributed by atoms with Crippen LogP contribution in [0.15, 0.2) is 54.1 Å². The molecule has 2 heteroatoms. The molecule has 0 aromatic heterocycles. The third kappa shape index (κ3) is 7.24. The zero-order valence-corrected chi connectivity index (χ0v) is 15.0. The first kappa shape index (κ1) is 17.2. The Hall–Kier alpha value is -1.11. The number of unbranched alkanes of at least 4 members (excludes halogenated alkanes) is 1. The van der Waals surface area contributed by atoms with Gasteiger partial charge in [-0.25, -0.2) is 0 Å². The van der Waals surface area contributed by atoms with E-state index in [1.54, 1.807) is 5.57 Å². The zero-order chi connectivity index (χ0) is 15.5. The van der Waals surface area contributed by atoms with E-state index in [4.69, 9.17) is 0 Å². The van der Waals surface area contributed by atoms with Crippen molar-refractivity contribution in [1.82, 2.24) is 0 Å². The maximum absolute atomic E-state index is 11.9. The van der Waals surface area contributed by atoms with Crippen LogP contribution in [0.25, 0.3) is 0 Å². The molecule has 0 N–H and O–H groups in total. The molecule has 1 aliphatic carbocycles. The number of carbonyl (C=O) groups is 1. The van der Waals surface area contributed by atoms with Crippen LogP contribution in [-0.2, 0) is 4.79 Å². The van der Waals surface area contributed by atoms with Crippen LogP contribution in [0.1, 0.15) is 57.8 Å². The standard InChI is InChI=1S/C20H26OSe/c21-20(22-19-15-9-5-10-16-19)17-11-3-1-2-6-12-18-13-7-4-8-14-18/h1-2,5,9-10,13,15-16H,3-4,6-8,11-12,14,17H2/b2-1-. The van der Waals surface area contributed by atoms with Gasteiger partial charge in [-0.2, -0.15) is 0 Å². The number of benzene rings is 1. The number of carbonyl (C=O) groups excluding carboxylic acids is 1. The Labute approximate surface area is 141 Å². The molecular formula is C20H26OSe. The van der Waals surface area contributed by atoms with Crippen molar-refractivity contribution >= 4 is 24.1 Å². The average molecular weight is 361 g/mol. The SMILES string of the molecule is O=C(CCC/C=C\CCC1=CCCCC1)[Se]c1ccccc1. The van der Waals surface area contributed by atoms with Gasteiger partial charge in [0.25, 0.3) is 0 Å². The van der Waals surface area contributed by atoms with Gasteiger partial charge < -0.3 is 0 Å². The Morgan fingerprint density at radius 3 is 2.68 bits per heavy atom. The van der Waals surface area contributed by atoms with Crippen LogP contribution in [-0.4, -0.2) is 19.6 Å². The molecule has 0 atom stereocenters. The van der Waals surface area contributed by atoms with Crippen LogP contribution in [0.4, 0.5) is 0 Å². The number of hydrogen-bond acceptors (Lipinski definition) is 1.